The van der Waals surface area contributed by atoms with E-state index >= 15 is 0 Å². The molecule has 0 aromatic rings. The van der Waals surface area contributed by atoms with Crippen LogP contribution < -0.4 is 10.6 Å². The molecule has 0 aromatic carbocycles. The number of likely N-dealkylation sites (tertiary alicyclic amines) is 2. The maximum Gasteiger partial charge on any atom is 0.306 e. The van der Waals surface area contributed by atoms with Gasteiger partial charge in [0.2, 0.25) is 23.6 Å². The van der Waals surface area contributed by atoms with Crippen LogP contribution in [0.2, 0.25) is 0 Å². The van der Waals surface area contributed by atoms with E-state index in [1.807, 2.05) is 47.4 Å². The van der Waals surface area contributed by atoms with Gasteiger partial charge in [-0.25, -0.2) is 0 Å². The van der Waals surface area contributed by atoms with Crippen LogP contribution >= 0.6 is 11.8 Å². The summed E-state index contributed by atoms with van der Waals surface area (Å²) in [7, 11) is 13.1. The number of imide groups is 3. The minimum Gasteiger partial charge on any atom is -0.481 e. The minimum atomic E-state index is -0.948. The number of carbonyl (C=O) groups excluding carboxylic acids is 16. The fourth-order valence-electron chi connectivity index (χ4n) is 7.06. The molecule has 7 unspecified atom stereocenters. The van der Waals surface area contributed by atoms with E-state index in [-0.39, 0.29) is 138 Å². The molecule has 7 atom stereocenters. The number of carboxylic acids is 2. The van der Waals surface area contributed by atoms with E-state index in [2.05, 4.69) is 24.5 Å². The van der Waals surface area contributed by atoms with Gasteiger partial charge in [-0.1, -0.05) is 83.6 Å². The van der Waals surface area contributed by atoms with Crippen molar-refractivity contribution in [2.75, 3.05) is 69.0 Å². The number of likely N-dealkylation sites (N-methyl/N-ethyl adjacent to an activating group) is 2. The molecule has 4 aliphatic rings. The largest absolute Gasteiger partial charge is 0.481 e. The Kier molecular flexibility index (Phi) is 76.0. The zero-order chi connectivity index (χ0) is 81.4. The standard InChI is InChI=1S/C7H13NO2.C7H9NO2.C7H12O3.2C7H12O2.C7H14O.C6H11NO3.C6H9NO2.C6H7NO2.2C4H8O.C2H7N.C2H6S.CH4/c1-5-4-6(10-3)8(2)7(5)9;1-4-5(2)7(10)8(3)6(4)9;1-3-6(8)4-5(2)7(9)10;2*1-5(7(3)9)4-6(2)8;1-4-7(5-2)6(3)8;1-4(3-5(8)9)6(10)7-2;2*1-4-3-5(8)7(2)6(4)9;2*1-3-4(2)5;2*1-3-2;/h5-6H,4H2,1-3H3;1-3H3;5H,3-4H2,1-2H3,(H,9,10);2*5H,4H2,1-3H3;7H,4-5H2,1-3H3;4H,3H2,1-2H3,(H,7,10)(H,8,9);4H,3H2,1-2H3;3H,1-2H3;2*3H2,1-2H3;3H,1-2H3;1-2H3;1H4. The maximum absolute atomic E-state index is 11.1. The molecule has 0 aliphatic carbocycles. The van der Waals surface area contributed by atoms with Gasteiger partial charge in [0.15, 0.2) is 0 Å². The zero-order valence-electron chi connectivity index (χ0n) is 66.3. The average molecular weight is 1460 g/mol. The van der Waals surface area contributed by atoms with E-state index in [4.69, 9.17) is 14.9 Å². The number of carboxylic acid groups (broad SMARTS) is 2. The number of ether oxygens (including phenoxy) is 1. The van der Waals surface area contributed by atoms with Gasteiger partial charge in [0.1, 0.15) is 52.5 Å². The third kappa shape index (κ3) is 62.0. The van der Waals surface area contributed by atoms with Crippen LogP contribution in [0.1, 0.15) is 223 Å². The Labute approximate surface area is 609 Å². The van der Waals surface area contributed by atoms with Crippen LogP contribution in [-0.2, 0) is 91.0 Å². The van der Waals surface area contributed by atoms with Crippen molar-refractivity contribution in [2.45, 2.75) is 230 Å². The first kappa shape index (κ1) is 115. The summed E-state index contributed by atoms with van der Waals surface area (Å²) in [6.45, 7) is 35.7. The predicted octanol–water partition coefficient (Wildman–Crippen LogP) is 9.46. The van der Waals surface area contributed by atoms with Crippen LogP contribution in [0.25, 0.3) is 0 Å². The summed E-state index contributed by atoms with van der Waals surface area (Å²) in [5, 5.41) is 21.7. The molecule has 0 spiro atoms. The highest BCUT2D eigenvalue weighted by molar-refractivity contribution is 7.97. The Bertz CT molecular complexity index is 2610. The highest BCUT2D eigenvalue weighted by atomic mass is 32.2. The number of thioether (sulfide) groups is 1. The smallest absolute Gasteiger partial charge is 0.306 e. The summed E-state index contributed by atoms with van der Waals surface area (Å²) < 4.78 is 5.07. The molecule has 0 bridgehead atoms. The van der Waals surface area contributed by atoms with E-state index in [0.717, 1.165) is 29.1 Å². The van der Waals surface area contributed by atoms with Gasteiger partial charge >= 0.3 is 11.9 Å². The number of ketones is 8. The zero-order valence-corrected chi connectivity index (χ0v) is 67.1. The summed E-state index contributed by atoms with van der Waals surface area (Å²) in [5.74, 6) is -2.42. The number of amides is 8. The van der Waals surface area contributed by atoms with Crippen molar-refractivity contribution in [3.63, 3.8) is 0 Å². The number of nitrogens with one attached hydrogen (secondary N) is 2. The minimum absolute atomic E-state index is 0. The number of hydrogen-bond acceptors (Lipinski definition) is 21. The van der Waals surface area contributed by atoms with Crippen LogP contribution in [0.4, 0.5) is 0 Å². The Morgan fingerprint density at radius 2 is 0.911 bits per heavy atom. The quantitative estimate of drug-likeness (QED) is 0.0874. The van der Waals surface area contributed by atoms with Crippen LogP contribution in [0, 0.1) is 41.4 Å². The first-order chi connectivity index (χ1) is 45.8. The topological polar surface area (TPSA) is 394 Å². The second kappa shape index (κ2) is 66.9. The molecule has 0 aromatic heterocycles. The van der Waals surface area contributed by atoms with Crippen molar-refractivity contribution in [3.05, 3.63) is 22.8 Å². The number of carbonyl (C=O) groups is 18. The summed E-state index contributed by atoms with van der Waals surface area (Å²) in [6.07, 6.45) is 11.2. The number of aliphatic carboxylic acids is 2. The van der Waals surface area contributed by atoms with E-state index in [1.54, 1.807) is 107 Å². The molecule has 4 aliphatic heterocycles. The van der Waals surface area contributed by atoms with Gasteiger partial charge < -0.3 is 49.7 Å². The molecular formula is C73H132N6O21S. The van der Waals surface area contributed by atoms with E-state index in [9.17, 15) is 86.3 Å². The lowest BCUT2D eigenvalue weighted by molar-refractivity contribution is -0.143. The highest BCUT2D eigenvalue weighted by Crippen LogP contribution is 2.22. The van der Waals surface area contributed by atoms with Crippen molar-refractivity contribution >= 4 is 117 Å². The lowest BCUT2D eigenvalue weighted by Gasteiger charge is -2.16. The first-order valence-electron chi connectivity index (χ1n) is 33.0. The molecule has 586 valence electrons. The number of hydrogen-bond donors (Lipinski definition) is 4. The van der Waals surface area contributed by atoms with Crippen LogP contribution in [0.3, 0.4) is 0 Å². The van der Waals surface area contributed by atoms with Gasteiger partial charge in [0.05, 0.1) is 12.3 Å². The third-order valence-corrected chi connectivity index (χ3v) is 14.4. The average Bonchev–Trinajstić information content (AvgIpc) is 1.67. The lowest BCUT2D eigenvalue weighted by Crippen LogP contribution is -2.30. The fraction of sp³-hybridized carbons (Fsp3) is 0.699. The van der Waals surface area contributed by atoms with Gasteiger partial charge in [0.25, 0.3) is 23.6 Å². The fourth-order valence-corrected chi connectivity index (χ4v) is 7.06. The Balaban J connectivity index is -0.000000112. The van der Waals surface area contributed by atoms with Gasteiger partial charge in [-0.15, -0.1) is 0 Å². The molecule has 0 radical (unpaired) electrons. The predicted molar refractivity (Wildman–Crippen MR) is 397 cm³/mol. The molecule has 2 saturated heterocycles. The summed E-state index contributed by atoms with van der Waals surface area (Å²) >= 11 is 1.75. The molecule has 27 nitrogen and oxygen atoms in total. The summed E-state index contributed by atoms with van der Waals surface area (Å²) in [4.78, 5) is 195. The van der Waals surface area contributed by atoms with Gasteiger partial charge in [-0.2, -0.15) is 11.8 Å². The highest BCUT2D eigenvalue weighted by Gasteiger charge is 2.34. The monoisotopic (exact) mass is 1460 g/mol. The second-order valence-electron chi connectivity index (χ2n) is 24.0. The molecule has 4 N–H and O–H groups in total. The number of nitrogens with zero attached hydrogens (tertiary/aromatic N) is 4. The van der Waals surface area contributed by atoms with Crippen molar-refractivity contribution in [2.24, 2.45) is 41.4 Å². The molecule has 4 heterocycles. The van der Waals surface area contributed by atoms with Crippen molar-refractivity contribution in [1.29, 1.82) is 0 Å². The normalized spacial score (nSPS) is 16.0. The molecular weight excluding hydrogens is 1330 g/mol. The van der Waals surface area contributed by atoms with Crippen molar-refractivity contribution in [3.8, 4) is 0 Å². The Hall–Kier alpha value is -7.59. The van der Waals surface area contributed by atoms with Crippen molar-refractivity contribution in [1.82, 2.24) is 30.2 Å². The summed E-state index contributed by atoms with van der Waals surface area (Å²) in [5.41, 5.74) is 1.64. The molecule has 2 fully saturated rings. The number of rotatable bonds is 19. The van der Waals surface area contributed by atoms with Crippen LogP contribution in [-0.4, -0.2) is 210 Å². The van der Waals surface area contributed by atoms with E-state index in [1.165, 1.54) is 73.8 Å². The SMILES string of the molecule is C.CC(=O)CC(C)C(C)=O.CC(=O)CC(C)C(C)=O.CC1=C(C)C(=O)N(C)C1=O.CC1=CC(=O)N(C)C1=O.CC1CC(=O)N(C)C1=O.CCC(=O)CC(C)C(=O)O.CCC(C)=O.CCC(C)=O.CCC(CC)C(C)=O.CNC.CNC(=O)C(C)CC(=O)O.COC1CC(C)C(=O)N1C.CSC. The molecule has 101 heavy (non-hydrogen) atoms. The molecule has 4 rings (SSSR count). The second-order valence-corrected chi connectivity index (χ2v) is 24.9. The summed E-state index contributed by atoms with van der Waals surface area (Å²) in [6, 6.07) is 0. The van der Waals surface area contributed by atoms with Gasteiger partial charge in [-0.05, 0) is 109 Å². The van der Waals surface area contributed by atoms with Crippen molar-refractivity contribution < 1.29 is 101 Å². The molecule has 8 amide bonds. The van der Waals surface area contributed by atoms with Crippen LogP contribution in [0.15, 0.2) is 22.8 Å². The molecule has 0 saturated carbocycles. The van der Waals surface area contributed by atoms with E-state index < -0.39 is 23.8 Å². The van der Waals surface area contributed by atoms with Crippen LogP contribution in [0.5, 0.6) is 0 Å². The Morgan fingerprint density at radius 1 is 0.545 bits per heavy atom. The maximum atomic E-state index is 11.1. The first-order valence-corrected chi connectivity index (χ1v) is 34.7. The lowest BCUT2D eigenvalue weighted by atomic mass is 10.00. The third-order valence-electron chi connectivity index (χ3n) is 14.4. The Morgan fingerprint density at radius 3 is 1.03 bits per heavy atom. The van der Waals surface area contributed by atoms with Gasteiger partial charge in [-0.3, -0.25) is 81.8 Å². The number of Topliss-reactive ketones (excluding diaryl/α,β-unsaturated/α-hetero) is 8. The van der Waals surface area contributed by atoms with E-state index in [0.29, 0.717) is 66.9 Å². The molecule has 28 heteroatoms. The van der Waals surface area contributed by atoms with Gasteiger partial charge in [0, 0.05) is 152 Å². The number of methoxy groups -OCH3 is 1.